The van der Waals surface area contributed by atoms with Crippen molar-refractivity contribution in [2.75, 3.05) is 7.11 Å². The zero-order valence-corrected chi connectivity index (χ0v) is 19.0. The van der Waals surface area contributed by atoms with Gasteiger partial charge in [-0.25, -0.2) is 4.79 Å². The van der Waals surface area contributed by atoms with E-state index >= 15 is 0 Å². The van der Waals surface area contributed by atoms with Crippen molar-refractivity contribution in [2.24, 2.45) is 0 Å². The van der Waals surface area contributed by atoms with Crippen LogP contribution in [0.5, 0.6) is 0 Å². The maximum absolute atomic E-state index is 12.8. The number of hydrogen-bond donors (Lipinski definition) is 0. The summed E-state index contributed by atoms with van der Waals surface area (Å²) in [6.07, 6.45) is 4.50. The SMILES string of the molecule is CC[C@H](C)N1C(=O)S/C(=C/c2cn(Cc3cccc(C(=O)OC)c3)c3ccccc23)C1=O. The number of ether oxygens (including phenoxy) is 1. The average molecular weight is 449 g/mol. The summed E-state index contributed by atoms with van der Waals surface area (Å²) in [7, 11) is 1.36. The van der Waals surface area contributed by atoms with E-state index in [4.69, 9.17) is 4.74 Å². The van der Waals surface area contributed by atoms with Gasteiger partial charge in [-0.05, 0) is 54.9 Å². The highest BCUT2D eigenvalue weighted by atomic mass is 32.2. The molecule has 0 saturated carbocycles. The van der Waals surface area contributed by atoms with Crippen LogP contribution in [0.15, 0.2) is 59.6 Å². The lowest BCUT2D eigenvalue weighted by atomic mass is 10.1. The first kappa shape index (κ1) is 21.9. The molecule has 1 fully saturated rings. The Morgan fingerprint density at radius 2 is 1.94 bits per heavy atom. The predicted octanol–water partition coefficient (Wildman–Crippen LogP) is 5.31. The molecule has 4 rings (SSSR count). The fourth-order valence-electron chi connectivity index (χ4n) is 3.82. The van der Waals surface area contributed by atoms with E-state index in [-0.39, 0.29) is 23.2 Å². The molecular weight excluding hydrogens is 424 g/mol. The standard InChI is InChI=1S/C25H24N2O4S/c1-4-16(2)27-23(28)22(32-25(27)30)13-19-15-26(21-11-6-5-10-20(19)21)14-17-8-7-9-18(12-17)24(29)31-3/h5-13,15-16H,4,14H2,1-3H3/b22-13+/t16-/m0/s1. The van der Waals surface area contributed by atoms with E-state index < -0.39 is 0 Å². The van der Waals surface area contributed by atoms with Gasteiger partial charge in [-0.2, -0.15) is 0 Å². The molecule has 7 heteroatoms. The van der Waals surface area contributed by atoms with E-state index in [9.17, 15) is 14.4 Å². The van der Waals surface area contributed by atoms with Crippen LogP contribution in [0.2, 0.25) is 0 Å². The van der Waals surface area contributed by atoms with Gasteiger partial charge in [-0.3, -0.25) is 14.5 Å². The maximum atomic E-state index is 12.8. The third kappa shape index (κ3) is 4.08. The highest BCUT2D eigenvalue weighted by molar-refractivity contribution is 8.18. The van der Waals surface area contributed by atoms with Crippen molar-refractivity contribution >= 4 is 45.9 Å². The van der Waals surface area contributed by atoms with Gasteiger partial charge in [-0.15, -0.1) is 0 Å². The zero-order valence-electron chi connectivity index (χ0n) is 18.2. The first-order chi connectivity index (χ1) is 15.4. The number of methoxy groups -OCH3 is 1. The Labute approximate surface area is 190 Å². The molecule has 164 valence electrons. The van der Waals surface area contributed by atoms with Gasteiger partial charge in [0.2, 0.25) is 0 Å². The summed E-state index contributed by atoms with van der Waals surface area (Å²) in [5.41, 5.74) is 3.33. The molecule has 0 unspecified atom stereocenters. The molecule has 2 aromatic carbocycles. The molecule has 1 aromatic heterocycles. The van der Waals surface area contributed by atoms with Crippen LogP contribution in [0.4, 0.5) is 4.79 Å². The van der Waals surface area contributed by atoms with Crippen molar-refractivity contribution in [1.29, 1.82) is 0 Å². The maximum Gasteiger partial charge on any atom is 0.337 e. The quantitative estimate of drug-likeness (QED) is 0.378. The van der Waals surface area contributed by atoms with Crippen LogP contribution in [-0.2, 0) is 16.1 Å². The largest absolute Gasteiger partial charge is 0.465 e. The summed E-state index contributed by atoms with van der Waals surface area (Å²) in [5.74, 6) is -0.612. The van der Waals surface area contributed by atoms with Crippen LogP contribution in [0.1, 0.15) is 41.8 Å². The van der Waals surface area contributed by atoms with Gasteiger partial charge in [0.15, 0.2) is 0 Å². The van der Waals surface area contributed by atoms with Crippen molar-refractivity contribution in [1.82, 2.24) is 9.47 Å². The summed E-state index contributed by atoms with van der Waals surface area (Å²) in [6.45, 7) is 4.39. The second kappa shape index (κ2) is 9.04. The number of amides is 2. The highest BCUT2D eigenvalue weighted by Gasteiger charge is 2.37. The van der Waals surface area contributed by atoms with Crippen LogP contribution in [0, 0.1) is 0 Å². The monoisotopic (exact) mass is 448 g/mol. The Balaban J connectivity index is 1.70. The van der Waals surface area contributed by atoms with Gasteiger partial charge < -0.3 is 9.30 Å². The smallest absolute Gasteiger partial charge is 0.337 e. The molecule has 0 N–H and O–H groups in total. The lowest BCUT2D eigenvalue weighted by molar-refractivity contribution is -0.124. The number of esters is 1. The first-order valence-corrected chi connectivity index (χ1v) is 11.3. The topological polar surface area (TPSA) is 68.6 Å². The number of rotatable bonds is 6. The molecule has 32 heavy (non-hydrogen) atoms. The molecule has 0 aliphatic carbocycles. The number of aromatic nitrogens is 1. The van der Waals surface area contributed by atoms with Crippen LogP contribution in [0.25, 0.3) is 17.0 Å². The summed E-state index contributed by atoms with van der Waals surface area (Å²) >= 11 is 0.988. The Hall–Kier alpha value is -3.32. The van der Waals surface area contributed by atoms with E-state index in [1.165, 1.54) is 12.0 Å². The van der Waals surface area contributed by atoms with Gasteiger partial charge in [0.25, 0.3) is 11.1 Å². The van der Waals surface area contributed by atoms with E-state index in [0.717, 1.165) is 40.2 Å². The van der Waals surface area contributed by atoms with Crippen molar-refractivity contribution in [2.45, 2.75) is 32.9 Å². The van der Waals surface area contributed by atoms with Crippen LogP contribution in [0.3, 0.4) is 0 Å². The van der Waals surface area contributed by atoms with E-state index in [1.54, 1.807) is 12.1 Å². The molecule has 2 amide bonds. The van der Waals surface area contributed by atoms with E-state index in [0.29, 0.717) is 17.0 Å². The summed E-state index contributed by atoms with van der Waals surface area (Å²) in [5, 5.41) is 0.769. The fraction of sp³-hybridized carbons (Fsp3) is 0.240. The number of carbonyl (C=O) groups excluding carboxylic acids is 3. The molecule has 0 spiro atoms. The van der Waals surface area contributed by atoms with Gasteiger partial charge >= 0.3 is 5.97 Å². The van der Waals surface area contributed by atoms with Crippen molar-refractivity contribution in [3.05, 3.63) is 76.3 Å². The summed E-state index contributed by atoms with van der Waals surface area (Å²) in [4.78, 5) is 38.9. The third-order valence-electron chi connectivity index (χ3n) is 5.66. The van der Waals surface area contributed by atoms with Crippen molar-refractivity contribution < 1.29 is 19.1 Å². The van der Waals surface area contributed by atoms with Crippen LogP contribution >= 0.6 is 11.8 Å². The number of benzene rings is 2. The van der Waals surface area contributed by atoms with Crippen LogP contribution in [-0.4, -0.2) is 39.7 Å². The number of para-hydroxylation sites is 1. The molecule has 1 aliphatic rings. The number of thioether (sulfide) groups is 1. The Morgan fingerprint density at radius 1 is 1.16 bits per heavy atom. The lowest BCUT2D eigenvalue weighted by Crippen LogP contribution is -2.36. The van der Waals surface area contributed by atoms with E-state index in [1.807, 2.05) is 62.5 Å². The molecule has 6 nitrogen and oxygen atoms in total. The lowest BCUT2D eigenvalue weighted by Gasteiger charge is -2.19. The minimum absolute atomic E-state index is 0.128. The molecule has 2 heterocycles. The molecular formula is C25H24N2O4S. The first-order valence-electron chi connectivity index (χ1n) is 10.4. The third-order valence-corrected chi connectivity index (χ3v) is 6.55. The molecule has 1 saturated heterocycles. The Kier molecular flexibility index (Phi) is 6.19. The van der Waals surface area contributed by atoms with Crippen molar-refractivity contribution in [3.8, 4) is 0 Å². The highest BCUT2D eigenvalue weighted by Crippen LogP contribution is 2.35. The summed E-state index contributed by atoms with van der Waals surface area (Å²) < 4.78 is 6.90. The van der Waals surface area contributed by atoms with Gasteiger partial charge in [0.1, 0.15) is 0 Å². The second-order valence-corrected chi connectivity index (χ2v) is 8.72. The zero-order chi connectivity index (χ0) is 22.8. The number of imide groups is 1. The fourth-order valence-corrected chi connectivity index (χ4v) is 4.74. The molecule has 0 bridgehead atoms. The van der Waals surface area contributed by atoms with Gasteiger partial charge in [0.05, 0.1) is 17.6 Å². The predicted molar refractivity (Wildman–Crippen MR) is 126 cm³/mol. The number of fused-ring (bicyclic) bond motifs is 1. The molecule has 3 aromatic rings. The van der Waals surface area contributed by atoms with Gasteiger partial charge in [0, 0.05) is 35.2 Å². The number of nitrogens with zero attached hydrogens (tertiary/aromatic N) is 2. The average Bonchev–Trinajstić information content (AvgIpc) is 3.29. The van der Waals surface area contributed by atoms with Crippen molar-refractivity contribution in [3.63, 3.8) is 0 Å². The summed E-state index contributed by atoms with van der Waals surface area (Å²) in [6, 6.07) is 15.1. The Morgan fingerprint density at radius 3 is 2.69 bits per heavy atom. The normalized spacial score (nSPS) is 16.2. The number of carbonyl (C=O) groups is 3. The molecule has 1 atom stereocenters. The van der Waals surface area contributed by atoms with Crippen LogP contribution < -0.4 is 0 Å². The second-order valence-electron chi connectivity index (χ2n) is 7.73. The minimum atomic E-state index is -0.373. The van der Waals surface area contributed by atoms with E-state index in [2.05, 4.69) is 4.57 Å². The number of hydrogen-bond acceptors (Lipinski definition) is 5. The Bertz CT molecular complexity index is 1240. The molecule has 0 radical (unpaired) electrons. The minimum Gasteiger partial charge on any atom is -0.465 e. The van der Waals surface area contributed by atoms with Gasteiger partial charge in [-0.1, -0.05) is 37.3 Å². The molecule has 1 aliphatic heterocycles.